The van der Waals surface area contributed by atoms with E-state index < -0.39 is 0 Å². The van der Waals surface area contributed by atoms with Gasteiger partial charge >= 0.3 is 0 Å². The fraction of sp³-hybridized carbons (Fsp3) is 0.364. The predicted molar refractivity (Wildman–Crippen MR) is 124 cm³/mol. The topological polar surface area (TPSA) is 34.4 Å². The minimum Gasteiger partial charge on any atom is -0.316 e. The van der Waals surface area contributed by atoms with Gasteiger partial charge in [-0.25, -0.2) is 0 Å². The number of carbonyl (C=O) groups excluding carboxylic acids is 1. The maximum atomic E-state index is 12.4. The molecule has 0 saturated heterocycles. The molecule has 1 heterocycles. The fourth-order valence-electron chi connectivity index (χ4n) is 2.96. The molecule has 148 valence electrons. The molecule has 0 spiro atoms. The Morgan fingerprint density at radius 3 is 2.75 bits per heavy atom. The summed E-state index contributed by atoms with van der Waals surface area (Å²) in [4.78, 5) is 18.9. The summed E-state index contributed by atoms with van der Waals surface area (Å²) < 4.78 is 3.39. The van der Waals surface area contributed by atoms with Gasteiger partial charge in [-0.1, -0.05) is 48.6 Å². The fourth-order valence-corrected chi connectivity index (χ4v) is 5.51. The van der Waals surface area contributed by atoms with E-state index in [-0.39, 0.29) is 5.91 Å². The molecular weight excluding hydrogens is 404 g/mol. The van der Waals surface area contributed by atoms with Crippen LogP contribution in [0.25, 0.3) is 10.2 Å². The van der Waals surface area contributed by atoms with Gasteiger partial charge in [-0.15, -0.1) is 11.8 Å². The minimum atomic E-state index is -0.0122. The molecule has 0 unspecified atom stereocenters. The highest BCUT2D eigenvalue weighted by Gasteiger charge is 2.08. The molecule has 3 rings (SSSR count). The van der Waals surface area contributed by atoms with Crippen LogP contribution >= 0.6 is 34.9 Å². The molecule has 0 aliphatic heterocycles. The van der Waals surface area contributed by atoms with Crippen molar-refractivity contribution in [3.63, 3.8) is 0 Å². The van der Waals surface area contributed by atoms with Crippen LogP contribution in [0.3, 0.4) is 0 Å². The smallest absolute Gasteiger partial charge is 0.248 e. The Morgan fingerprint density at radius 2 is 2.00 bits per heavy atom. The molecule has 1 amide bonds. The normalized spacial score (nSPS) is 12.0. The number of rotatable bonds is 9. The van der Waals surface area contributed by atoms with Gasteiger partial charge in [-0.2, -0.15) is 16.8 Å². The van der Waals surface area contributed by atoms with Gasteiger partial charge in [0.2, 0.25) is 5.91 Å². The van der Waals surface area contributed by atoms with Gasteiger partial charge in [0.25, 0.3) is 0 Å². The van der Waals surface area contributed by atoms with Crippen LogP contribution in [0, 0.1) is 0 Å². The summed E-state index contributed by atoms with van der Waals surface area (Å²) in [5.41, 5.74) is 2.51. The molecule has 3 aromatic rings. The number of fused-ring (bicyclic) bond motifs is 1. The number of hydrogen-bond acceptors (Lipinski definition) is 4. The van der Waals surface area contributed by atoms with Gasteiger partial charge in [0.1, 0.15) is 0 Å². The standard InChI is InChI=1S/C22H26N2OS3/c1-3-13-24-19-12-11-18(26-2)15-20(19)28-22(24)23-21(25)10-7-14-27-16-17-8-5-4-6-9-17/h4-6,8-9,11-12,15H,3,7,10,13-14,16H2,1-2H3. The van der Waals surface area contributed by atoms with Crippen molar-refractivity contribution in [2.24, 2.45) is 4.99 Å². The Kier molecular flexibility index (Phi) is 8.25. The second-order valence-corrected chi connectivity index (χ2v) is 9.51. The van der Waals surface area contributed by atoms with Gasteiger partial charge in [0.05, 0.1) is 10.2 Å². The third kappa shape index (κ3) is 5.75. The van der Waals surface area contributed by atoms with E-state index in [1.165, 1.54) is 20.7 Å². The molecule has 1 aromatic heterocycles. The first kappa shape index (κ1) is 21.2. The monoisotopic (exact) mass is 430 g/mol. The first-order chi connectivity index (χ1) is 13.7. The molecule has 6 heteroatoms. The average molecular weight is 431 g/mol. The zero-order valence-corrected chi connectivity index (χ0v) is 18.8. The van der Waals surface area contributed by atoms with Crippen molar-refractivity contribution in [2.75, 3.05) is 12.0 Å². The highest BCUT2D eigenvalue weighted by atomic mass is 32.2. The largest absolute Gasteiger partial charge is 0.316 e. The lowest BCUT2D eigenvalue weighted by Crippen LogP contribution is -2.16. The SMILES string of the molecule is CCCn1c(=NC(=O)CCCSCc2ccccc2)sc2cc(SC)ccc21. The van der Waals surface area contributed by atoms with Crippen LogP contribution < -0.4 is 4.80 Å². The first-order valence-corrected chi connectivity index (χ1v) is 12.8. The molecule has 0 bridgehead atoms. The van der Waals surface area contributed by atoms with Crippen LogP contribution in [0.2, 0.25) is 0 Å². The van der Waals surface area contributed by atoms with Crippen LogP contribution in [0.15, 0.2) is 58.4 Å². The van der Waals surface area contributed by atoms with Crippen molar-refractivity contribution in [3.8, 4) is 0 Å². The van der Waals surface area contributed by atoms with Crippen LogP contribution in [0.5, 0.6) is 0 Å². The molecule has 0 saturated carbocycles. The van der Waals surface area contributed by atoms with E-state index in [0.717, 1.165) is 35.7 Å². The summed E-state index contributed by atoms with van der Waals surface area (Å²) >= 11 is 5.23. The van der Waals surface area contributed by atoms with E-state index in [0.29, 0.717) is 6.42 Å². The number of aromatic nitrogens is 1. The third-order valence-corrected chi connectivity index (χ3v) is 7.23. The zero-order chi connectivity index (χ0) is 19.8. The molecule has 0 fully saturated rings. The Balaban J connectivity index is 1.62. The van der Waals surface area contributed by atoms with E-state index in [1.54, 1.807) is 23.1 Å². The summed E-state index contributed by atoms with van der Waals surface area (Å²) in [6, 6.07) is 16.9. The Morgan fingerprint density at radius 1 is 1.18 bits per heavy atom. The van der Waals surface area contributed by atoms with Gasteiger partial charge in [0.15, 0.2) is 4.80 Å². The van der Waals surface area contributed by atoms with Gasteiger partial charge < -0.3 is 4.57 Å². The number of nitrogens with zero attached hydrogens (tertiary/aromatic N) is 2. The van der Waals surface area contributed by atoms with Gasteiger partial charge in [-0.3, -0.25) is 4.79 Å². The summed E-state index contributed by atoms with van der Waals surface area (Å²) in [5, 5.41) is 0. The Labute approximate surface area is 179 Å². The van der Waals surface area contributed by atoms with Crippen LogP contribution in [-0.2, 0) is 17.1 Å². The van der Waals surface area contributed by atoms with Crippen LogP contribution in [0.4, 0.5) is 0 Å². The predicted octanol–water partition coefficient (Wildman–Crippen LogP) is 5.98. The van der Waals surface area contributed by atoms with E-state index in [9.17, 15) is 4.79 Å². The minimum absolute atomic E-state index is 0.0122. The highest BCUT2D eigenvalue weighted by Crippen LogP contribution is 2.24. The molecule has 2 aromatic carbocycles. The lowest BCUT2D eigenvalue weighted by molar-refractivity contribution is -0.118. The zero-order valence-electron chi connectivity index (χ0n) is 16.4. The average Bonchev–Trinajstić information content (AvgIpc) is 3.05. The number of hydrogen-bond donors (Lipinski definition) is 0. The first-order valence-electron chi connectivity index (χ1n) is 9.58. The molecule has 0 aliphatic rings. The lowest BCUT2D eigenvalue weighted by atomic mass is 10.2. The second kappa shape index (κ2) is 10.9. The number of thioether (sulfide) groups is 2. The number of benzene rings is 2. The lowest BCUT2D eigenvalue weighted by Gasteiger charge is -2.03. The van der Waals surface area contributed by atoms with Gasteiger partial charge in [0, 0.05) is 23.6 Å². The summed E-state index contributed by atoms with van der Waals surface area (Å²) in [5.74, 6) is 1.97. The maximum absolute atomic E-state index is 12.4. The van der Waals surface area contributed by atoms with Crippen molar-refractivity contribution in [3.05, 3.63) is 58.9 Å². The molecule has 0 aliphatic carbocycles. The second-order valence-electron chi connectivity index (χ2n) is 6.52. The summed E-state index contributed by atoms with van der Waals surface area (Å²) in [7, 11) is 0. The molecular formula is C22H26N2OS3. The maximum Gasteiger partial charge on any atom is 0.248 e. The van der Waals surface area contributed by atoms with Crippen LogP contribution in [0.1, 0.15) is 31.7 Å². The van der Waals surface area contributed by atoms with Crippen molar-refractivity contribution in [2.45, 2.75) is 43.4 Å². The van der Waals surface area contributed by atoms with E-state index in [1.807, 2.05) is 17.8 Å². The van der Waals surface area contributed by atoms with Gasteiger partial charge in [-0.05, 0) is 48.6 Å². The molecule has 0 N–H and O–H groups in total. The quantitative estimate of drug-likeness (QED) is 0.309. The van der Waals surface area contributed by atoms with E-state index in [2.05, 4.69) is 65.2 Å². The summed E-state index contributed by atoms with van der Waals surface area (Å²) in [6.45, 7) is 3.04. The number of thiazole rings is 1. The molecule has 0 atom stereocenters. The van der Waals surface area contributed by atoms with Crippen molar-refractivity contribution in [1.82, 2.24) is 4.57 Å². The third-order valence-electron chi connectivity index (χ3n) is 4.35. The number of amides is 1. The van der Waals surface area contributed by atoms with E-state index in [4.69, 9.17) is 0 Å². The summed E-state index contributed by atoms with van der Waals surface area (Å²) in [6.07, 6.45) is 4.49. The number of carbonyl (C=O) groups is 1. The van der Waals surface area contributed by atoms with Crippen molar-refractivity contribution >= 4 is 51.0 Å². The molecule has 28 heavy (non-hydrogen) atoms. The number of aryl methyl sites for hydroxylation is 1. The Bertz CT molecular complexity index is 976. The van der Waals surface area contributed by atoms with Crippen molar-refractivity contribution in [1.29, 1.82) is 0 Å². The molecule has 3 nitrogen and oxygen atoms in total. The highest BCUT2D eigenvalue weighted by molar-refractivity contribution is 7.98. The molecule has 0 radical (unpaired) electrons. The Hall–Kier alpha value is -1.50. The van der Waals surface area contributed by atoms with Crippen LogP contribution in [-0.4, -0.2) is 22.5 Å². The van der Waals surface area contributed by atoms with E-state index >= 15 is 0 Å². The van der Waals surface area contributed by atoms with Crippen molar-refractivity contribution < 1.29 is 4.79 Å².